The van der Waals surface area contributed by atoms with Gasteiger partial charge in [-0.3, -0.25) is 14.9 Å². The number of benzene rings is 2. The summed E-state index contributed by atoms with van der Waals surface area (Å²) in [6.07, 6.45) is 0. The molecule has 10 heteroatoms. The zero-order valence-electron chi connectivity index (χ0n) is 18.4. The third-order valence-corrected chi connectivity index (χ3v) is 7.29. The van der Waals surface area contributed by atoms with E-state index in [4.69, 9.17) is 4.74 Å². The van der Waals surface area contributed by atoms with E-state index in [9.17, 15) is 23.3 Å². The molecule has 1 saturated heterocycles. The van der Waals surface area contributed by atoms with Gasteiger partial charge in [0.05, 0.1) is 9.82 Å². The summed E-state index contributed by atoms with van der Waals surface area (Å²) in [5.41, 5.74) is 1.78. The number of ether oxygens (including phenoxy) is 1. The maximum atomic E-state index is 12.9. The number of sulfonamides is 1. The Morgan fingerprint density at radius 3 is 2.44 bits per heavy atom. The van der Waals surface area contributed by atoms with Crippen molar-refractivity contribution in [3.05, 3.63) is 63.7 Å². The molecule has 0 aliphatic carbocycles. The van der Waals surface area contributed by atoms with Crippen LogP contribution in [0, 0.1) is 17.0 Å². The van der Waals surface area contributed by atoms with Crippen LogP contribution in [0.15, 0.2) is 47.4 Å². The number of piperazine rings is 1. The third kappa shape index (κ3) is 5.25. The minimum atomic E-state index is -3.88. The number of carbonyl (C=O) groups is 1. The van der Waals surface area contributed by atoms with Crippen molar-refractivity contribution in [2.45, 2.75) is 31.6 Å². The highest BCUT2D eigenvalue weighted by atomic mass is 32.2. The first kappa shape index (κ1) is 23.7. The van der Waals surface area contributed by atoms with Gasteiger partial charge < -0.3 is 9.64 Å². The lowest BCUT2D eigenvalue weighted by Gasteiger charge is -2.34. The monoisotopic (exact) mass is 461 g/mol. The van der Waals surface area contributed by atoms with E-state index in [1.54, 1.807) is 4.90 Å². The smallest absolute Gasteiger partial charge is 0.270 e. The van der Waals surface area contributed by atoms with Crippen LogP contribution in [0.4, 0.5) is 5.69 Å². The fourth-order valence-corrected chi connectivity index (χ4v) is 5.02. The molecule has 0 saturated carbocycles. The fourth-order valence-electron chi connectivity index (χ4n) is 3.56. The summed E-state index contributed by atoms with van der Waals surface area (Å²) in [5.74, 6) is 0.720. The predicted octanol–water partition coefficient (Wildman–Crippen LogP) is 2.94. The second-order valence-corrected chi connectivity index (χ2v) is 9.96. The van der Waals surface area contributed by atoms with Gasteiger partial charge in [0.25, 0.3) is 11.6 Å². The Morgan fingerprint density at radius 1 is 1.12 bits per heavy atom. The molecule has 32 heavy (non-hydrogen) atoms. The normalized spacial score (nSPS) is 15.1. The van der Waals surface area contributed by atoms with Gasteiger partial charge in [-0.2, -0.15) is 4.31 Å². The summed E-state index contributed by atoms with van der Waals surface area (Å²) in [7, 11) is -3.88. The number of hydrogen-bond donors (Lipinski definition) is 0. The van der Waals surface area contributed by atoms with Crippen LogP contribution in [0.2, 0.25) is 0 Å². The van der Waals surface area contributed by atoms with E-state index in [0.29, 0.717) is 5.75 Å². The maximum Gasteiger partial charge on any atom is 0.270 e. The molecule has 1 heterocycles. The number of non-ortho nitro benzene ring substituents is 1. The molecule has 0 unspecified atom stereocenters. The average molecular weight is 462 g/mol. The first-order chi connectivity index (χ1) is 15.1. The van der Waals surface area contributed by atoms with Crippen LogP contribution >= 0.6 is 0 Å². The molecule has 2 aromatic carbocycles. The molecule has 1 aliphatic heterocycles. The van der Waals surface area contributed by atoms with Gasteiger partial charge in [-0.25, -0.2) is 8.42 Å². The Hall–Kier alpha value is -2.98. The van der Waals surface area contributed by atoms with Crippen LogP contribution in [0.1, 0.15) is 30.9 Å². The van der Waals surface area contributed by atoms with Crippen molar-refractivity contribution in [1.29, 1.82) is 0 Å². The van der Waals surface area contributed by atoms with Gasteiger partial charge in [-0.15, -0.1) is 0 Å². The summed E-state index contributed by atoms with van der Waals surface area (Å²) in [4.78, 5) is 24.4. The molecular formula is C22H27N3O6S. The number of nitro benzene ring substituents is 1. The van der Waals surface area contributed by atoms with Crippen LogP contribution in [-0.2, 0) is 14.8 Å². The number of hydrogen-bond acceptors (Lipinski definition) is 6. The van der Waals surface area contributed by atoms with Crippen molar-refractivity contribution >= 4 is 21.6 Å². The first-order valence-corrected chi connectivity index (χ1v) is 11.8. The molecule has 0 bridgehead atoms. The van der Waals surface area contributed by atoms with Gasteiger partial charge in [-0.1, -0.05) is 32.0 Å². The zero-order valence-corrected chi connectivity index (χ0v) is 19.2. The molecule has 0 N–H and O–H groups in total. The van der Waals surface area contributed by atoms with Gasteiger partial charge in [0.2, 0.25) is 10.0 Å². The van der Waals surface area contributed by atoms with Crippen LogP contribution in [0.25, 0.3) is 0 Å². The number of aryl methyl sites for hydroxylation is 1. The molecule has 0 atom stereocenters. The van der Waals surface area contributed by atoms with E-state index in [1.807, 2.05) is 25.1 Å². The van der Waals surface area contributed by atoms with E-state index in [0.717, 1.165) is 17.2 Å². The molecule has 0 aromatic heterocycles. The SMILES string of the molecule is Cc1ccc(C(C)C)c(OCC(=O)N2CCN(S(=O)(=O)c3cccc([N+](=O)[O-])c3)CC2)c1. The average Bonchev–Trinajstić information content (AvgIpc) is 2.77. The molecule has 1 amide bonds. The van der Waals surface area contributed by atoms with Crippen molar-refractivity contribution in [1.82, 2.24) is 9.21 Å². The molecule has 3 rings (SSSR count). The largest absolute Gasteiger partial charge is 0.483 e. The number of carbonyl (C=O) groups excluding carboxylic acids is 1. The lowest BCUT2D eigenvalue weighted by Crippen LogP contribution is -2.51. The number of amides is 1. The zero-order chi connectivity index (χ0) is 23.5. The predicted molar refractivity (Wildman–Crippen MR) is 119 cm³/mol. The Bertz CT molecular complexity index is 1110. The highest BCUT2D eigenvalue weighted by Crippen LogP contribution is 2.27. The standard InChI is InChI=1S/C22H27N3O6S/c1-16(2)20-8-7-17(3)13-21(20)31-15-22(26)23-9-11-24(12-10-23)32(29,30)19-6-4-5-18(14-19)25(27)28/h4-8,13-14,16H,9-12,15H2,1-3H3. The second kappa shape index (κ2) is 9.66. The van der Waals surface area contributed by atoms with Gasteiger partial charge in [0.15, 0.2) is 6.61 Å². The number of rotatable bonds is 7. The molecule has 2 aromatic rings. The van der Waals surface area contributed by atoms with Gasteiger partial charge >= 0.3 is 0 Å². The minimum Gasteiger partial charge on any atom is -0.483 e. The van der Waals surface area contributed by atoms with Crippen molar-refractivity contribution < 1.29 is 22.9 Å². The van der Waals surface area contributed by atoms with Crippen molar-refractivity contribution in [3.8, 4) is 5.75 Å². The van der Waals surface area contributed by atoms with E-state index in [1.165, 1.54) is 22.5 Å². The summed E-state index contributed by atoms with van der Waals surface area (Å²) in [6.45, 7) is 6.61. The van der Waals surface area contributed by atoms with Crippen LogP contribution in [-0.4, -0.2) is 61.2 Å². The van der Waals surface area contributed by atoms with Crippen molar-refractivity contribution in [2.24, 2.45) is 0 Å². The van der Waals surface area contributed by atoms with Gasteiger partial charge in [0, 0.05) is 38.3 Å². The first-order valence-electron chi connectivity index (χ1n) is 10.4. The number of nitro groups is 1. The second-order valence-electron chi connectivity index (χ2n) is 8.02. The summed E-state index contributed by atoms with van der Waals surface area (Å²) in [6, 6.07) is 10.9. The molecule has 9 nitrogen and oxygen atoms in total. The lowest BCUT2D eigenvalue weighted by atomic mass is 10.0. The van der Waals surface area contributed by atoms with Crippen LogP contribution in [0.5, 0.6) is 5.75 Å². The highest BCUT2D eigenvalue weighted by Gasteiger charge is 2.31. The maximum absolute atomic E-state index is 12.9. The Balaban J connectivity index is 1.61. The van der Waals surface area contributed by atoms with Crippen molar-refractivity contribution in [2.75, 3.05) is 32.8 Å². The van der Waals surface area contributed by atoms with E-state index < -0.39 is 14.9 Å². The molecule has 1 aliphatic rings. The minimum absolute atomic E-state index is 0.110. The van der Waals surface area contributed by atoms with Gasteiger partial charge in [0.1, 0.15) is 5.75 Å². The molecule has 0 radical (unpaired) electrons. The molecule has 0 spiro atoms. The van der Waals surface area contributed by atoms with E-state index >= 15 is 0 Å². The highest BCUT2D eigenvalue weighted by molar-refractivity contribution is 7.89. The van der Waals surface area contributed by atoms with E-state index in [-0.39, 0.29) is 55.2 Å². The molecule has 1 fully saturated rings. The third-order valence-electron chi connectivity index (χ3n) is 5.40. The molecular weight excluding hydrogens is 434 g/mol. The fraction of sp³-hybridized carbons (Fsp3) is 0.409. The number of nitrogens with zero attached hydrogens (tertiary/aromatic N) is 3. The topological polar surface area (TPSA) is 110 Å². The Kier molecular flexibility index (Phi) is 7.15. The van der Waals surface area contributed by atoms with Crippen molar-refractivity contribution in [3.63, 3.8) is 0 Å². The van der Waals surface area contributed by atoms with Crippen LogP contribution in [0.3, 0.4) is 0 Å². The Labute approximate surface area is 187 Å². The quantitative estimate of drug-likeness (QED) is 0.463. The van der Waals surface area contributed by atoms with Crippen LogP contribution < -0.4 is 4.74 Å². The summed E-state index contributed by atoms with van der Waals surface area (Å²) < 4.78 is 32.8. The summed E-state index contributed by atoms with van der Waals surface area (Å²) in [5, 5.41) is 11.0. The molecule has 172 valence electrons. The van der Waals surface area contributed by atoms with Gasteiger partial charge in [-0.05, 0) is 36.1 Å². The Morgan fingerprint density at radius 2 is 1.81 bits per heavy atom. The lowest BCUT2D eigenvalue weighted by molar-refractivity contribution is -0.385. The summed E-state index contributed by atoms with van der Waals surface area (Å²) >= 11 is 0. The van der Waals surface area contributed by atoms with E-state index in [2.05, 4.69) is 13.8 Å².